The molecule has 2 heterocycles. The monoisotopic (exact) mass is 300 g/mol. The molecule has 0 radical (unpaired) electrons. The van der Waals surface area contributed by atoms with E-state index in [4.69, 9.17) is 0 Å². The lowest BCUT2D eigenvalue weighted by molar-refractivity contribution is 0.290. The van der Waals surface area contributed by atoms with Crippen molar-refractivity contribution >= 4 is 10.0 Å². The average Bonchev–Trinajstić information content (AvgIpc) is 2.76. The van der Waals surface area contributed by atoms with E-state index < -0.39 is 10.0 Å². The Balaban J connectivity index is 2.23. The van der Waals surface area contributed by atoms with Gasteiger partial charge in [-0.1, -0.05) is 0 Å². The van der Waals surface area contributed by atoms with Crippen molar-refractivity contribution in [2.24, 2.45) is 0 Å². The Kier molecular flexibility index (Phi) is 4.85. The van der Waals surface area contributed by atoms with Crippen molar-refractivity contribution in [3.8, 4) is 0 Å². The minimum atomic E-state index is -3.41. The van der Waals surface area contributed by atoms with Crippen molar-refractivity contribution < 1.29 is 8.42 Å². The van der Waals surface area contributed by atoms with E-state index in [-0.39, 0.29) is 6.04 Å². The number of nitrogens with zero attached hydrogens (tertiary/aromatic N) is 2. The quantitative estimate of drug-likeness (QED) is 0.847. The molecule has 1 aromatic heterocycles. The molecule has 7 heteroatoms. The predicted molar refractivity (Wildman–Crippen MR) is 79.0 cm³/mol. The number of nitrogens with one attached hydrogen (secondary N) is 2. The lowest BCUT2D eigenvalue weighted by Gasteiger charge is -2.26. The highest BCUT2D eigenvalue weighted by Crippen LogP contribution is 2.21. The number of sulfonamides is 1. The van der Waals surface area contributed by atoms with Gasteiger partial charge in [-0.15, -0.1) is 0 Å². The molecule has 114 valence electrons. The summed E-state index contributed by atoms with van der Waals surface area (Å²) in [5.41, 5.74) is 0.880. The van der Waals surface area contributed by atoms with Gasteiger partial charge in [-0.2, -0.15) is 4.31 Å². The lowest BCUT2D eigenvalue weighted by atomic mass is 10.3. The molecule has 0 amide bonds. The van der Waals surface area contributed by atoms with Crippen LogP contribution in [0.1, 0.15) is 19.0 Å². The third-order valence-corrected chi connectivity index (χ3v) is 5.67. The molecule has 1 fully saturated rings. The third kappa shape index (κ3) is 3.22. The van der Waals surface area contributed by atoms with E-state index >= 15 is 0 Å². The van der Waals surface area contributed by atoms with Crippen LogP contribution in [0.3, 0.4) is 0 Å². The molecular weight excluding hydrogens is 276 g/mol. The van der Waals surface area contributed by atoms with Gasteiger partial charge in [0.15, 0.2) is 0 Å². The Bertz CT molecular complexity index is 540. The smallest absolute Gasteiger partial charge is 0.244 e. The van der Waals surface area contributed by atoms with Crippen LogP contribution in [0.4, 0.5) is 0 Å². The zero-order valence-electron chi connectivity index (χ0n) is 12.4. The van der Waals surface area contributed by atoms with Gasteiger partial charge in [0.2, 0.25) is 10.0 Å². The number of rotatable bonds is 4. The van der Waals surface area contributed by atoms with Gasteiger partial charge < -0.3 is 15.2 Å². The SMILES string of the molecule is CNCc1cc(S(=O)(=O)N2CCCN(C)CC2C)c[nH]1. The van der Waals surface area contributed by atoms with Crippen LogP contribution >= 0.6 is 0 Å². The zero-order valence-corrected chi connectivity index (χ0v) is 13.2. The maximum atomic E-state index is 12.7. The Hall–Kier alpha value is -0.890. The number of aromatic nitrogens is 1. The summed E-state index contributed by atoms with van der Waals surface area (Å²) in [5, 5.41) is 3.01. The van der Waals surface area contributed by atoms with Crippen molar-refractivity contribution in [2.75, 3.05) is 33.7 Å². The van der Waals surface area contributed by atoms with Gasteiger partial charge in [-0.05, 0) is 40.1 Å². The van der Waals surface area contributed by atoms with Crippen molar-refractivity contribution in [1.82, 2.24) is 19.5 Å². The molecule has 0 bridgehead atoms. The topological polar surface area (TPSA) is 68.4 Å². The highest BCUT2D eigenvalue weighted by Gasteiger charge is 2.31. The first-order valence-corrected chi connectivity index (χ1v) is 8.41. The molecule has 2 rings (SSSR count). The summed E-state index contributed by atoms with van der Waals surface area (Å²) < 4.78 is 27.1. The molecule has 2 N–H and O–H groups in total. The molecule has 1 atom stereocenters. The summed E-state index contributed by atoms with van der Waals surface area (Å²) in [6, 6.07) is 1.71. The molecule has 0 aromatic carbocycles. The molecule has 1 saturated heterocycles. The fourth-order valence-corrected chi connectivity index (χ4v) is 4.38. The molecule has 1 aliphatic rings. The van der Waals surface area contributed by atoms with Crippen molar-refractivity contribution in [3.63, 3.8) is 0 Å². The summed E-state index contributed by atoms with van der Waals surface area (Å²) >= 11 is 0. The maximum absolute atomic E-state index is 12.7. The van der Waals surface area contributed by atoms with Crippen molar-refractivity contribution in [2.45, 2.75) is 30.8 Å². The fourth-order valence-electron chi connectivity index (χ4n) is 2.70. The van der Waals surface area contributed by atoms with Crippen LogP contribution in [-0.4, -0.2) is 62.4 Å². The predicted octanol–water partition coefficient (Wildman–Crippen LogP) is 0.449. The molecular formula is C13H24N4O2S. The number of H-pyrrole nitrogens is 1. The van der Waals surface area contributed by atoms with Crippen LogP contribution < -0.4 is 5.32 Å². The van der Waals surface area contributed by atoms with E-state index in [0.29, 0.717) is 18.0 Å². The average molecular weight is 300 g/mol. The number of hydrogen-bond acceptors (Lipinski definition) is 4. The molecule has 1 aliphatic heterocycles. The van der Waals surface area contributed by atoms with Gasteiger partial charge in [0.05, 0.1) is 4.90 Å². The van der Waals surface area contributed by atoms with E-state index in [1.165, 1.54) is 0 Å². The first-order chi connectivity index (χ1) is 9.45. The lowest BCUT2D eigenvalue weighted by Crippen LogP contribution is -2.41. The Labute approximate surface area is 121 Å². The summed E-state index contributed by atoms with van der Waals surface area (Å²) in [5.74, 6) is 0. The van der Waals surface area contributed by atoms with Crippen LogP contribution in [0.15, 0.2) is 17.2 Å². The highest BCUT2D eigenvalue weighted by molar-refractivity contribution is 7.89. The molecule has 0 saturated carbocycles. The second kappa shape index (κ2) is 6.26. The van der Waals surface area contributed by atoms with Crippen molar-refractivity contribution in [3.05, 3.63) is 18.0 Å². The minimum Gasteiger partial charge on any atom is -0.363 e. The fraction of sp³-hybridized carbons (Fsp3) is 0.692. The third-order valence-electron chi connectivity index (χ3n) is 3.68. The van der Waals surface area contributed by atoms with Crippen LogP contribution in [0.5, 0.6) is 0 Å². The van der Waals surface area contributed by atoms with Crippen LogP contribution in [0.2, 0.25) is 0 Å². The number of aromatic amines is 1. The maximum Gasteiger partial charge on any atom is 0.244 e. The van der Waals surface area contributed by atoms with Gasteiger partial charge in [-0.3, -0.25) is 0 Å². The summed E-state index contributed by atoms with van der Waals surface area (Å²) in [6.45, 7) is 4.90. The molecule has 20 heavy (non-hydrogen) atoms. The van der Waals surface area contributed by atoms with Crippen LogP contribution in [0.25, 0.3) is 0 Å². The largest absolute Gasteiger partial charge is 0.363 e. The summed E-state index contributed by atoms with van der Waals surface area (Å²) in [7, 11) is 0.463. The van der Waals surface area contributed by atoms with E-state index in [0.717, 1.165) is 25.2 Å². The summed E-state index contributed by atoms with van der Waals surface area (Å²) in [6.07, 6.45) is 2.46. The van der Waals surface area contributed by atoms with Crippen LogP contribution in [-0.2, 0) is 16.6 Å². The van der Waals surface area contributed by atoms with Gasteiger partial charge >= 0.3 is 0 Å². The minimum absolute atomic E-state index is 0.00449. The van der Waals surface area contributed by atoms with Gasteiger partial charge in [-0.25, -0.2) is 8.42 Å². The number of hydrogen-bond donors (Lipinski definition) is 2. The molecule has 6 nitrogen and oxygen atoms in total. The summed E-state index contributed by atoms with van der Waals surface area (Å²) in [4.78, 5) is 5.56. The standard InChI is InChI=1S/C13H24N4O2S/c1-11-10-16(3)5-4-6-17(11)20(18,19)13-7-12(8-14-2)15-9-13/h7,9,11,14-15H,4-6,8,10H2,1-3H3. The first kappa shape index (κ1) is 15.5. The van der Waals surface area contributed by atoms with Gasteiger partial charge in [0.25, 0.3) is 0 Å². The molecule has 1 aromatic rings. The second-order valence-corrected chi connectivity index (χ2v) is 7.36. The molecule has 1 unspecified atom stereocenters. The second-order valence-electron chi connectivity index (χ2n) is 5.47. The van der Waals surface area contributed by atoms with Gasteiger partial charge in [0.1, 0.15) is 0 Å². The van der Waals surface area contributed by atoms with E-state index in [9.17, 15) is 8.42 Å². The molecule has 0 aliphatic carbocycles. The van der Waals surface area contributed by atoms with Crippen LogP contribution in [0, 0.1) is 0 Å². The Morgan fingerprint density at radius 1 is 1.45 bits per heavy atom. The zero-order chi connectivity index (χ0) is 14.8. The van der Waals surface area contributed by atoms with Crippen molar-refractivity contribution in [1.29, 1.82) is 0 Å². The van der Waals surface area contributed by atoms with E-state index in [1.54, 1.807) is 16.6 Å². The Morgan fingerprint density at radius 2 is 2.20 bits per heavy atom. The highest BCUT2D eigenvalue weighted by atomic mass is 32.2. The first-order valence-electron chi connectivity index (χ1n) is 6.97. The van der Waals surface area contributed by atoms with E-state index in [1.807, 2.05) is 21.0 Å². The van der Waals surface area contributed by atoms with Gasteiger partial charge in [0, 0.05) is 37.6 Å². The van der Waals surface area contributed by atoms with E-state index in [2.05, 4.69) is 15.2 Å². The Morgan fingerprint density at radius 3 is 2.90 bits per heavy atom. The normalized spacial score (nSPS) is 22.9. The number of likely N-dealkylation sites (N-methyl/N-ethyl adjacent to an activating group) is 1. The molecule has 0 spiro atoms.